The number of anilines is 1. The van der Waals surface area contributed by atoms with E-state index in [0.29, 0.717) is 0 Å². The molecule has 5 heteroatoms. The van der Waals surface area contributed by atoms with E-state index in [-0.39, 0.29) is 0 Å². The van der Waals surface area contributed by atoms with Gasteiger partial charge in [0.1, 0.15) is 0 Å². The maximum absolute atomic E-state index is 5.53. The fourth-order valence-corrected chi connectivity index (χ4v) is 2.33. The number of hydrogen-bond donors (Lipinski definition) is 1. The fraction of sp³-hybridized carbons (Fsp3) is 0.692. The number of nitrogens with zero attached hydrogens (tertiary/aromatic N) is 4. The smallest absolute Gasteiger partial charge is 0.225 e. The van der Waals surface area contributed by atoms with Crippen LogP contribution in [0, 0.1) is 0 Å². The summed E-state index contributed by atoms with van der Waals surface area (Å²) in [5, 5.41) is 0. The van der Waals surface area contributed by atoms with Gasteiger partial charge in [-0.25, -0.2) is 9.97 Å². The molecule has 1 aromatic rings. The van der Waals surface area contributed by atoms with Crippen molar-refractivity contribution in [3.05, 3.63) is 18.5 Å². The molecule has 18 heavy (non-hydrogen) atoms. The third-order valence-electron chi connectivity index (χ3n) is 3.35. The second-order valence-corrected chi connectivity index (χ2v) is 4.73. The highest BCUT2D eigenvalue weighted by Crippen LogP contribution is 2.10. The first-order valence-electron chi connectivity index (χ1n) is 6.84. The molecule has 0 unspecified atom stereocenters. The second kappa shape index (κ2) is 7.28. The Bertz CT molecular complexity index is 329. The summed E-state index contributed by atoms with van der Waals surface area (Å²) in [6.45, 7) is 6.32. The van der Waals surface area contributed by atoms with Gasteiger partial charge in [0.25, 0.3) is 0 Å². The van der Waals surface area contributed by atoms with Crippen LogP contribution in [0.4, 0.5) is 5.95 Å². The molecule has 100 valence electrons. The standard InChI is InChI=1S/C13H23N5/c14-5-1-2-8-17-9-4-10-18(12-11-17)13-15-6-3-7-16-13/h3,6-7H,1-2,4-5,8-12,14H2. The molecule has 0 spiro atoms. The first-order chi connectivity index (χ1) is 8.90. The van der Waals surface area contributed by atoms with Crippen LogP contribution < -0.4 is 10.6 Å². The van der Waals surface area contributed by atoms with E-state index in [1.807, 2.05) is 18.5 Å². The van der Waals surface area contributed by atoms with Gasteiger partial charge in [-0.05, 0) is 45.0 Å². The third kappa shape index (κ3) is 3.92. The Morgan fingerprint density at radius 3 is 2.67 bits per heavy atom. The summed E-state index contributed by atoms with van der Waals surface area (Å²) in [4.78, 5) is 13.5. The van der Waals surface area contributed by atoms with Crippen molar-refractivity contribution in [3.63, 3.8) is 0 Å². The molecule has 2 N–H and O–H groups in total. The minimum atomic E-state index is 0.803. The summed E-state index contributed by atoms with van der Waals surface area (Å²) in [7, 11) is 0. The lowest BCUT2D eigenvalue weighted by molar-refractivity contribution is 0.287. The van der Waals surface area contributed by atoms with Crippen molar-refractivity contribution in [2.75, 3.05) is 44.2 Å². The summed E-state index contributed by atoms with van der Waals surface area (Å²) in [6.07, 6.45) is 7.14. The average molecular weight is 249 g/mol. The highest BCUT2D eigenvalue weighted by molar-refractivity contribution is 5.28. The molecule has 0 aliphatic carbocycles. The summed E-state index contributed by atoms with van der Waals surface area (Å²) in [5.41, 5.74) is 5.53. The Balaban J connectivity index is 1.81. The van der Waals surface area contributed by atoms with Crippen LogP contribution >= 0.6 is 0 Å². The second-order valence-electron chi connectivity index (χ2n) is 4.73. The molecule has 5 nitrogen and oxygen atoms in total. The summed E-state index contributed by atoms with van der Waals surface area (Å²) >= 11 is 0. The van der Waals surface area contributed by atoms with Crippen LogP contribution in [0.25, 0.3) is 0 Å². The molecule has 1 aliphatic rings. The lowest BCUT2D eigenvalue weighted by Gasteiger charge is -2.21. The van der Waals surface area contributed by atoms with Crippen molar-refractivity contribution < 1.29 is 0 Å². The number of aromatic nitrogens is 2. The van der Waals surface area contributed by atoms with E-state index >= 15 is 0 Å². The van der Waals surface area contributed by atoms with Crippen LogP contribution in [0.1, 0.15) is 19.3 Å². The predicted molar refractivity (Wildman–Crippen MR) is 73.6 cm³/mol. The lowest BCUT2D eigenvalue weighted by Crippen LogP contribution is -2.32. The van der Waals surface area contributed by atoms with Crippen molar-refractivity contribution >= 4 is 5.95 Å². The normalized spacial score (nSPS) is 17.7. The highest BCUT2D eigenvalue weighted by Gasteiger charge is 2.15. The molecule has 1 saturated heterocycles. The van der Waals surface area contributed by atoms with E-state index in [1.165, 1.54) is 25.9 Å². The molecule has 0 bridgehead atoms. The minimum absolute atomic E-state index is 0.803. The maximum Gasteiger partial charge on any atom is 0.225 e. The topological polar surface area (TPSA) is 58.3 Å². The SMILES string of the molecule is NCCCCN1CCCN(c2ncccn2)CC1. The van der Waals surface area contributed by atoms with Gasteiger partial charge >= 0.3 is 0 Å². The molecule has 1 aromatic heterocycles. The van der Waals surface area contributed by atoms with E-state index in [4.69, 9.17) is 5.73 Å². The van der Waals surface area contributed by atoms with E-state index in [1.54, 1.807) is 0 Å². The lowest BCUT2D eigenvalue weighted by atomic mass is 10.3. The summed E-state index contributed by atoms with van der Waals surface area (Å²) in [6, 6.07) is 1.86. The molecule has 0 saturated carbocycles. The Morgan fingerprint density at radius 2 is 1.89 bits per heavy atom. The van der Waals surface area contributed by atoms with Gasteiger partial charge in [-0.3, -0.25) is 0 Å². The van der Waals surface area contributed by atoms with Crippen molar-refractivity contribution in [1.82, 2.24) is 14.9 Å². The molecule has 2 rings (SSSR count). The Morgan fingerprint density at radius 1 is 1.06 bits per heavy atom. The van der Waals surface area contributed by atoms with Crippen molar-refractivity contribution in [2.24, 2.45) is 5.73 Å². The van der Waals surface area contributed by atoms with Gasteiger partial charge in [0.05, 0.1) is 0 Å². The first kappa shape index (κ1) is 13.2. The Labute approximate surface area is 109 Å². The fourth-order valence-electron chi connectivity index (χ4n) is 2.33. The van der Waals surface area contributed by atoms with E-state index < -0.39 is 0 Å². The van der Waals surface area contributed by atoms with Crippen LogP contribution in [0.3, 0.4) is 0 Å². The largest absolute Gasteiger partial charge is 0.339 e. The molecule has 2 heterocycles. The van der Waals surface area contributed by atoms with Gasteiger partial charge in [0.2, 0.25) is 5.95 Å². The average Bonchev–Trinajstić information content (AvgIpc) is 2.66. The number of rotatable bonds is 5. The highest BCUT2D eigenvalue weighted by atomic mass is 15.3. The molecule has 0 amide bonds. The monoisotopic (exact) mass is 249 g/mol. The van der Waals surface area contributed by atoms with Crippen molar-refractivity contribution in [3.8, 4) is 0 Å². The van der Waals surface area contributed by atoms with Crippen LogP contribution in [0.2, 0.25) is 0 Å². The van der Waals surface area contributed by atoms with Crippen LogP contribution in [-0.2, 0) is 0 Å². The zero-order chi connectivity index (χ0) is 12.6. The summed E-state index contributed by atoms with van der Waals surface area (Å²) in [5.74, 6) is 0.862. The van der Waals surface area contributed by atoms with Crippen molar-refractivity contribution in [2.45, 2.75) is 19.3 Å². The van der Waals surface area contributed by atoms with Gasteiger partial charge in [-0.1, -0.05) is 0 Å². The van der Waals surface area contributed by atoms with Gasteiger partial charge in [0, 0.05) is 32.0 Å². The first-order valence-corrected chi connectivity index (χ1v) is 6.84. The minimum Gasteiger partial charge on any atom is -0.339 e. The Kier molecular flexibility index (Phi) is 5.36. The van der Waals surface area contributed by atoms with Crippen LogP contribution in [0.5, 0.6) is 0 Å². The van der Waals surface area contributed by atoms with Crippen LogP contribution in [-0.4, -0.2) is 54.1 Å². The van der Waals surface area contributed by atoms with E-state index in [0.717, 1.165) is 38.5 Å². The van der Waals surface area contributed by atoms with Gasteiger partial charge < -0.3 is 15.5 Å². The van der Waals surface area contributed by atoms with Crippen LogP contribution in [0.15, 0.2) is 18.5 Å². The van der Waals surface area contributed by atoms with Crippen molar-refractivity contribution in [1.29, 1.82) is 0 Å². The third-order valence-corrected chi connectivity index (χ3v) is 3.35. The molecular formula is C13H23N5. The number of hydrogen-bond acceptors (Lipinski definition) is 5. The van der Waals surface area contributed by atoms with E-state index in [9.17, 15) is 0 Å². The quantitative estimate of drug-likeness (QED) is 0.780. The summed E-state index contributed by atoms with van der Waals surface area (Å²) < 4.78 is 0. The molecule has 0 aromatic carbocycles. The molecular weight excluding hydrogens is 226 g/mol. The van der Waals surface area contributed by atoms with Gasteiger partial charge in [-0.2, -0.15) is 0 Å². The van der Waals surface area contributed by atoms with Gasteiger partial charge in [-0.15, -0.1) is 0 Å². The molecule has 1 aliphatic heterocycles. The molecule has 1 fully saturated rings. The van der Waals surface area contributed by atoms with Gasteiger partial charge in [0.15, 0.2) is 0 Å². The Hall–Kier alpha value is -1.20. The zero-order valence-corrected chi connectivity index (χ0v) is 11.0. The predicted octanol–water partition coefficient (Wildman–Crippen LogP) is 0.728. The maximum atomic E-state index is 5.53. The molecule has 0 radical (unpaired) electrons. The number of nitrogens with two attached hydrogens (primary N) is 1. The zero-order valence-electron chi connectivity index (χ0n) is 11.0. The number of unbranched alkanes of at least 4 members (excludes halogenated alkanes) is 1. The molecule has 0 atom stereocenters. The van der Waals surface area contributed by atoms with E-state index in [2.05, 4.69) is 19.8 Å².